The van der Waals surface area contributed by atoms with Gasteiger partial charge < -0.3 is 19.8 Å². The number of hydrogen-bond donors (Lipinski definition) is 2. The zero-order valence-electron chi connectivity index (χ0n) is 25.1. The predicted octanol–water partition coefficient (Wildman–Crippen LogP) is 2.24. The number of fused-ring (bicyclic) bond motifs is 1. The van der Waals surface area contributed by atoms with E-state index >= 15 is 0 Å². The van der Waals surface area contributed by atoms with Gasteiger partial charge in [-0.25, -0.2) is 0 Å². The number of hydrogen-bond acceptors (Lipinski definition) is 7. The van der Waals surface area contributed by atoms with Crippen LogP contribution < -0.4 is 10.2 Å². The summed E-state index contributed by atoms with van der Waals surface area (Å²) in [7, 11) is 3.65. The van der Waals surface area contributed by atoms with Crippen molar-refractivity contribution in [2.24, 2.45) is 5.92 Å². The highest BCUT2D eigenvalue weighted by Gasteiger charge is 2.41. The van der Waals surface area contributed by atoms with Gasteiger partial charge in [-0.2, -0.15) is 0 Å². The molecule has 4 heterocycles. The van der Waals surface area contributed by atoms with Gasteiger partial charge in [0.05, 0.1) is 5.60 Å². The number of rotatable bonds is 6. The minimum absolute atomic E-state index is 0.120. The molecule has 1 unspecified atom stereocenters. The lowest BCUT2D eigenvalue weighted by atomic mass is 9.83. The van der Waals surface area contributed by atoms with Crippen molar-refractivity contribution in [1.82, 2.24) is 20.0 Å². The van der Waals surface area contributed by atoms with Gasteiger partial charge in [-0.05, 0) is 67.0 Å². The highest BCUT2D eigenvalue weighted by Crippen LogP contribution is 2.37. The maximum atomic E-state index is 13.1. The molecule has 3 fully saturated rings. The van der Waals surface area contributed by atoms with Crippen molar-refractivity contribution in [3.63, 3.8) is 0 Å². The van der Waals surface area contributed by atoms with Crippen LogP contribution in [0.1, 0.15) is 65.6 Å². The molecule has 2 aromatic carbocycles. The van der Waals surface area contributed by atoms with Gasteiger partial charge in [0, 0.05) is 77.0 Å². The fourth-order valence-electron chi connectivity index (χ4n) is 7.05. The fraction of sp³-hybridized carbons (Fsp3) is 0.515. The van der Waals surface area contributed by atoms with Crippen LogP contribution in [0.4, 0.5) is 5.69 Å². The smallest absolute Gasteiger partial charge is 0.255 e. The molecular formula is C33H41N5O5. The number of benzene rings is 2. The van der Waals surface area contributed by atoms with Crippen molar-refractivity contribution in [2.45, 2.75) is 63.3 Å². The molecule has 0 radical (unpaired) electrons. The van der Waals surface area contributed by atoms with E-state index < -0.39 is 17.6 Å². The Morgan fingerprint density at radius 1 is 0.977 bits per heavy atom. The van der Waals surface area contributed by atoms with Crippen molar-refractivity contribution in [1.29, 1.82) is 0 Å². The van der Waals surface area contributed by atoms with Crippen molar-refractivity contribution in [3.8, 4) is 0 Å². The molecule has 0 aromatic heterocycles. The number of carbonyl (C=O) groups excluding carboxylic acids is 4. The molecule has 0 saturated carbocycles. The molecule has 10 heteroatoms. The number of piperidine rings is 3. The lowest BCUT2D eigenvalue weighted by Crippen LogP contribution is -2.52. The molecule has 3 saturated heterocycles. The van der Waals surface area contributed by atoms with E-state index in [1.54, 1.807) is 15.9 Å². The zero-order valence-corrected chi connectivity index (χ0v) is 25.1. The molecule has 4 aliphatic rings. The Morgan fingerprint density at radius 3 is 2.33 bits per heavy atom. The van der Waals surface area contributed by atoms with Gasteiger partial charge >= 0.3 is 0 Å². The normalized spacial score (nSPS) is 22.9. The van der Waals surface area contributed by atoms with Gasteiger partial charge in [0.15, 0.2) is 0 Å². The molecule has 1 atom stereocenters. The van der Waals surface area contributed by atoms with Gasteiger partial charge in [-0.15, -0.1) is 0 Å². The Kier molecular flexibility index (Phi) is 8.00. The van der Waals surface area contributed by atoms with E-state index in [1.165, 1.54) is 11.3 Å². The first-order valence-corrected chi connectivity index (χ1v) is 15.4. The number of carbonyl (C=O) groups is 4. The molecule has 6 rings (SSSR count). The SMILES string of the molecule is CN(C)C(=O)C1CCN(c2ccc(CN3CCC(O)(c4ccc5c(c4)CN(C4CCC(=O)NC4=O)C5=O)CC3)cc2)CC1. The number of nitrogens with one attached hydrogen (secondary N) is 1. The van der Waals surface area contributed by atoms with Crippen LogP contribution in [-0.4, -0.2) is 89.8 Å². The Balaban J connectivity index is 1.02. The summed E-state index contributed by atoms with van der Waals surface area (Å²) in [4.78, 5) is 57.2. The Morgan fingerprint density at radius 2 is 1.67 bits per heavy atom. The summed E-state index contributed by atoms with van der Waals surface area (Å²) in [6, 6.07) is 13.6. The molecule has 4 aliphatic heterocycles. The highest BCUT2D eigenvalue weighted by atomic mass is 16.3. The number of likely N-dealkylation sites (tertiary alicyclic amines) is 1. The Hall–Kier alpha value is -3.76. The first-order chi connectivity index (χ1) is 20.6. The van der Waals surface area contributed by atoms with Crippen LogP contribution in [0.25, 0.3) is 0 Å². The van der Waals surface area contributed by atoms with Crippen molar-refractivity contribution in [3.05, 3.63) is 64.7 Å². The summed E-state index contributed by atoms with van der Waals surface area (Å²) in [6.45, 7) is 4.41. The van der Waals surface area contributed by atoms with Crippen LogP contribution in [0, 0.1) is 5.92 Å². The van der Waals surface area contributed by atoms with Crippen LogP contribution in [0.2, 0.25) is 0 Å². The van der Waals surface area contributed by atoms with Gasteiger partial charge in [0.2, 0.25) is 17.7 Å². The van der Waals surface area contributed by atoms with Gasteiger partial charge in [0.1, 0.15) is 6.04 Å². The third kappa shape index (κ3) is 5.90. The number of anilines is 1. The first kappa shape index (κ1) is 29.3. The molecular weight excluding hydrogens is 546 g/mol. The minimum Gasteiger partial charge on any atom is -0.385 e. The molecule has 0 bridgehead atoms. The summed E-state index contributed by atoms with van der Waals surface area (Å²) < 4.78 is 0. The third-order valence-electron chi connectivity index (χ3n) is 9.74. The standard InChI is InChI=1S/C33H41N5O5/c1-35(2)31(41)23-11-15-37(16-12-23)26-6-3-22(4-7-26)20-36-17-13-33(43,14-18-36)25-5-8-27-24(19-25)21-38(32(27)42)28-9-10-29(39)34-30(28)40/h3-8,19,23,28,43H,9-18,20-21H2,1-2H3,(H,34,39,40). The van der Waals surface area contributed by atoms with Gasteiger partial charge in [-0.1, -0.05) is 24.3 Å². The summed E-state index contributed by atoms with van der Waals surface area (Å²) >= 11 is 0. The molecule has 2 N–H and O–H groups in total. The summed E-state index contributed by atoms with van der Waals surface area (Å²) in [6.07, 6.45) is 3.51. The average molecular weight is 588 g/mol. The molecule has 43 heavy (non-hydrogen) atoms. The van der Waals surface area contributed by atoms with Crippen LogP contribution >= 0.6 is 0 Å². The summed E-state index contributed by atoms with van der Waals surface area (Å²) in [5, 5.41) is 14.0. The monoisotopic (exact) mass is 587 g/mol. The Labute approximate surface area is 252 Å². The van der Waals surface area contributed by atoms with E-state index in [0.29, 0.717) is 31.4 Å². The number of amides is 4. The summed E-state index contributed by atoms with van der Waals surface area (Å²) in [5.74, 6) is -0.575. The van der Waals surface area contributed by atoms with E-state index in [9.17, 15) is 24.3 Å². The number of aliphatic hydroxyl groups is 1. The summed E-state index contributed by atoms with van der Waals surface area (Å²) in [5.41, 5.74) is 3.64. The van der Waals surface area contributed by atoms with Crippen LogP contribution in [-0.2, 0) is 33.1 Å². The van der Waals surface area contributed by atoms with Crippen LogP contribution in [0.3, 0.4) is 0 Å². The van der Waals surface area contributed by atoms with Crippen molar-refractivity contribution >= 4 is 29.3 Å². The second-order valence-corrected chi connectivity index (χ2v) is 12.7. The topological polar surface area (TPSA) is 114 Å². The van der Waals surface area contributed by atoms with E-state index in [1.807, 2.05) is 26.2 Å². The van der Waals surface area contributed by atoms with E-state index in [-0.39, 0.29) is 30.1 Å². The van der Waals surface area contributed by atoms with Crippen molar-refractivity contribution in [2.75, 3.05) is 45.2 Å². The predicted molar refractivity (Wildman–Crippen MR) is 161 cm³/mol. The van der Waals surface area contributed by atoms with Crippen LogP contribution in [0.5, 0.6) is 0 Å². The van der Waals surface area contributed by atoms with Crippen molar-refractivity contribution < 1.29 is 24.3 Å². The maximum Gasteiger partial charge on any atom is 0.255 e. The lowest BCUT2D eigenvalue weighted by molar-refractivity contribution is -0.137. The highest BCUT2D eigenvalue weighted by molar-refractivity contribution is 6.05. The Bertz CT molecular complexity index is 1410. The number of nitrogens with zero attached hydrogens (tertiary/aromatic N) is 4. The van der Waals surface area contributed by atoms with Gasteiger partial charge in [0.25, 0.3) is 5.91 Å². The largest absolute Gasteiger partial charge is 0.385 e. The molecule has 0 aliphatic carbocycles. The third-order valence-corrected chi connectivity index (χ3v) is 9.74. The second-order valence-electron chi connectivity index (χ2n) is 12.7. The maximum absolute atomic E-state index is 13.1. The van der Waals surface area contributed by atoms with Crippen LogP contribution in [0.15, 0.2) is 42.5 Å². The quantitative estimate of drug-likeness (QED) is 0.499. The fourth-order valence-corrected chi connectivity index (χ4v) is 7.05. The molecule has 228 valence electrons. The zero-order chi connectivity index (χ0) is 30.3. The molecule has 2 aromatic rings. The van der Waals surface area contributed by atoms with Gasteiger partial charge in [-0.3, -0.25) is 29.4 Å². The molecule has 10 nitrogen and oxygen atoms in total. The van der Waals surface area contributed by atoms with E-state index in [2.05, 4.69) is 39.4 Å². The molecule has 4 amide bonds. The molecule has 0 spiro atoms. The van der Waals surface area contributed by atoms with E-state index in [4.69, 9.17) is 0 Å². The second kappa shape index (κ2) is 11.7. The lowest BCUT2D eigenvalue weighted by Gasteiger charge is -2.39. The minimum atomic E-state index is -0.972. The number of imide groups is 1. The average Bonchev–Trinajstić information content (AvgIpc) is 3.33. The van der Waals surface area contributed by atoms with E-state index in [0.717, 1.165) is 56.7 Å². The first-order valence-electron chi connectivity index (χ1n) is 15.4.